The van der Waals surface area contributed by atoms with Gasteiger partial charge in [0.2, 0.25) is 5.75 Å². The molecule has 0 unspecified atom stereocenters. The fraction of sp³-hybridized carbons (Fsp3) is 0.240. The third-order valence-corrected chi connectivity index (χ3v) is 6.04. The van der Waals surface area contributed by atoms with E-state index < -0.39 is 22.7 Å². The van der Waals surface area contributed by atoms with Crippen molar-refractivity contribution in [3.05, 3.63) is 92.2 Å². The number of benzene rings is 1. The number of rotatable bonds is 9. The Morgan fingerprint density at radius 1 is 1.19 bits per heavy atom. The van der Waals surface area contributed by atoms with Crippen LogP contribution in [0.2, 0.25) is 0 Å². The van der Waals surface area contributed by atoms with Crippen LogP contribution in [0, 0.1) is 15.9 Å². The van der Waals surface area contributed by atoms with Crippen LogP contribution in [0.3, 0.4) is 0 Å². The van der Waals surface area contributed by atoms with Crippen molar-refractivity contribution in [2.75, 3.05) is 7.11 Å². The van der Waals surface area contributed by atoms with Crippen LogP contribution in [-0.2, 0) is 13.0 Å². The fourth-order valence-corrected chi connectivity index (χ4v) is 4.23. The number of hydrogen-bond donors (Lipinski definition) is 0. The van der Waals surface area contributed by atoms with Gasteiger partial charge in [-0.15, -0.1) is 0 Å². The molecule has 3 heterocycles. The summed E-state index contributed by atoms with van der Waals surface area (Å²) in [6.45, 7) is 4.43. The number of nitrogens with zero attached hydrogens (tertiary/aromatic N) is 5. The maximum absolute atomic E-state index is 14.4. The lowest BCUT2D eigenvalue weighted by Gasteiger charge is -2.20. The molecule has 36 heavy (non-hydrogen) atoms. The largest absolute Gasteiger partial charge is 0.496 e. The van der Waals surface area contributed by atoms with Crippen LogP contribution in [0.5, 0.6) is 11.5 Å². The summed E-state index contributed by atoms with van der Waals surface area (Å²) in [5.74, 6) is -0.321. The number of aryl methyl sites for hydroxylation is 1. The van der Waals surface area contributed by atoms with E-state index in [1.807, 2.05) is 17.8 Å². The molecule has 0 fully saturated rings. The average Bonchev–Trinajstić information content (AvgIpc) is 3.32. The maximum atomic E-state index is 14.4. The Morgan fingerprint density at radius 3 is 2.69 bits per heavy atom. The van der Waals surface area contributed by atoms with Gasteiger partial charge in [-0.25, -0.2) is 4.39 Å². The van der Waals surface area contributed by atoms with E-state index in [4.69, 9.17) is 9.47 Å². The predicted octanol–water partition coefficient (Wildman–Crippen LogP) is 5.91. The Hall–Kier alpha value is -3.86. The molecule has 1 aromatic carbocycles. The SMILES string of the molecule is CCn1cc(Cc2c(OC)ccnc2-c2ccc(F)cc2[C@@H](C)Oc2cc(Br)cnc2[N+](=O)[O-])cn1. The predicted molar refractivity (Wildman–Crippen MR) is 135 cm³/mol. The molecule has 0 bridgehead atoms. The molecule has 11 heteroatoms. The lowest BCUT2D eigenvalue weighted by Crippen LogP contribution is -2.09. The number of methoxy groups -OCH3 is 1. The Kier molecular flexibility index (Phi) is 7.58. The first-order valence-electron chi connectivity index (χ1n) is 11.1. The van der Waals surface area contributed by atoms with Crippen molar-refractivity contribution < 1.29 is 18.8 Å². The molecule has 0 saturated carbocycles. The van der Waals surface area contributed by atoms with Gasteiger partial charge in [0.25, 0.3) is 0 Å². The molecule has 0 radical (unpaired) electrons. The summed E-state index contributed by atoms with van der Waals surface area (Å²) in [5, 5.41) is 15.8. The molecule has 0 spiro atoms. The molecule has 4 rings (SSSR count). The van der Waals surface area contributed by atoms with E-state index >= 15 is 0 Å². The Bertz CT molecular complexity index is 1410. The van der Waals surface area contributed by atoms with E-state index in [0.29, 0.717) is 33.5 Å². The van der Waals surface area contributed by atoms with Crippen LogP contribution < -0.4 is 9.47 Å². The molecule has 0 aliphatic heterocycles. The molecule has 9 nitrogen and oxygen atoms in total. The number of ether oxygens (including phenoxy) is 2. The van der Waals surface area contributed by atoms with Gasteiger partial charge in [0.1, 0.15) is 17.7 Å². The smallest absolute Gasteiger partial charge is 0.406 e. The van der Waals surface area contributed by atoms with Crippen LogP contribution >= 0.6 is 15.9 Å². The van der Waals surface area contributed by atoms with Gasteiger partial charge in [0, 0.05) is 48.1 Å². The summed E-state index contributed by atoms with van der Waals surface area (Å²) < 4.78 is 28.3. The van der Waals surface area contributed by atoms with E-state index in [1.54, 1.807) is 38.6 Å². The molecule has 0 saturated heterocycles. The highest BCUT2D eigenvalue weighted by molar-refractivity contribution is 9.10. The van der Waals surface area contributed by atoms with Crippen molar-refractivity contribution in [3.63, 3.8) is 0 Å². The lowest BCUT2D eigenvalue weighted by atomic mass is 9.94. The lowest BCUT2D eigenvalue weighted by molar-refractivity contribution is -0.390. The van der Waals surface area contributed by atoms with Crippen LogP contribution in [0.25, 0.3) is 11.3 Å². The Labute approximate surface area is 215 Å². The molecule has 0 aliphatic carbocycles. The van der Waals surface area contributed by atoms with Gasteiger partial charge in [-0.2, -0.15) is 5.10 Å². The highest BCUT2D eigenvalue weighted by Gasteiger charge is 2.24. The maximum Gasteiger partial charge on any atom is 0.406 e. The van der Waals surface area contributed by atoms with Crippen LogP contribution in [0.15, 0.2) is 59.6 Å². The number of aromatic nitrogens is 4. The van der Waals surface area contributed by atoms with E-state index in [9.17, 15) is 14.5 Å². The van der Waals surface area contributed by atoms with Crippen molar-refractivity contribution in [3.8, 4) is 22.8 Å². The van der Waals surface area contributed by atoms with E-state index in [-0.39, 0.29) is 5.75 Å². The first-order chi connectivity index (χ1) is 17.3. The topological polar surface area (TPSA) is 105 Å². The minimum Gasteiger partial charge on any atom is -0.496 e. The average molecular weight is 556 g/mol. The zero-order valence-electron chi connectivity index (χ0n) is 19.8. The van der Waals surface area contributed by atoms with E-state index in [0.717, 1.165) is 17.7 Å². The van der Waals surface area contributed by atoms with Crippen molar-refractivity contribution in [1.82, 2.24) is 19.7 Å². The van der Waals surface area contributed by atoms with Crippen molar-refractivity contribution in [1.29, 1.82) is 0 Å². The zero-order chi connectivity index (χ0) is 25.8. The third-order valence-electron chi connectivity index (χ3n) is 5.61. The van der Waals surface area contributed by atoms with Crippen LogP contribution in [0.1, 0.15) is 36.6 Å². The minimum atomic E-state index is -0.769. The first-order valence-corrected chi connectivity index (χ1v) is 11.9. The van der Waals surface area contributed by atoms with Gasteiger partial charge < -0.3 is 19.6 Å². The summed E-state index contributed by atoms with van der Waals surface area (Å²) in [6, 6.07) is 7.54. The molecular formula is C25H23BrFN5O4. The van der Waals surface area contributed by atoms with Gasteiger partial charge in [-0.05, 0) is 69.5 Å². The second-order valence-corrected chi connectivity index (χ2v) is 8.86. The van der Waals surface area contributed by atoms with Crippen molar-refractivity contribution >= 4 is 21.7 Å². The van der Waals surface area contributed by atoms with Crippen LogP contribution in [0.4, 0.5) is 10.2 Å². The van der Waals surface area contributed by atoms with Gasteiger partial charge in [-0.1, -0.05) is 0 Å². The molecule has 1 atom stereocenters. The summed E-state index contributed by atoms with van der Waals surface area (Å²) in [4.78, 5) is 19.3. The Morgan fingerprint density at radius 2 is 2.00 bits per heavy atom. The number of hydrogen-bond acceptors (Lipinski definition) is 7. The molecule has 0 N–H and O–H groups in total. The van der Waals surface area contributed by atoms with Gasteiger partial charge in [0.05, 0.1) is 23.5 Å². The number of nitro groups is 1. The van der Waals surface area contributed by atoms with Crippen molar-refractivity contribution in [2.24, 2.45) is 0 Å². The molecule has 0 aliphatic rings. The number of pyridine rings is 2. The quantitative estimate of drug-likeness (QED) is 0.187. The highest BCUT2D eigenvalue weighted by Crippen LogP contribution is 2.38. The highest BCUT2D eigenvalue weighted by atomic mass is 79.9. The summed E-state index contributed by atoms with van der Waals surface area (Å²) >= 11 is 3.26. The molecule has 4 aromatic rings. The molecule has 0 amide bonds. The van der Waals surface area contributed by atoms with Crippen LogP contribution in [-0.4, -0.2) is 31.8 Å². The second kappa shape index (κ2) is 10.8. The van der Waals surface area contributed by atoms with E-state index in [1.165, 1.54) is 24.4 Å². The first kappa shape index (κ1) is 25.2. The van der Waals surface area contributed by atoms with E-state index in [2.05, 4.69) is 31.0 Å². The second-order valence-electron chi connectivity index (χ2n) is 7.95. The Balaban J connectivity index is 1.79. The van der Waals surface area contributed by atoms with Crippen molar-refractivity contribution in [2.45, 2.75) is 32.9 Å². The minimum absolute atomic E-state index is 0.0390. The third kappa shape index (κ3) is 5.35. The molecular weight excluding hydrogens is 533 g/mol. The number of halogens is 2. The van der Waals surface area contributed by atoms with Gasteiger partial charge in [-0.3, -0.25) is 9.67 Å². The zero-order valence-corrected chi connectivity index (χ0v) is 21.4. The normalized spacial score (nSPS) is 11.8. The van der Waals surface area contributed by atoms with Gasteiger partial charge >= 0.3 is 5.82 Å². The van der Waals surface area contributed by atoms with Gasteiger partial charge in [0.15, 0.2) is 6.20 Å². The summed E-state index contributed by atoms with van der Waals surface area (Å²) in [6.07, 6.45) is 6.39. The summed E-state index contributed by atoms with van der Waals surface area (Å²) in [7, 11) is 1.58. The fourth-order valence-electron chi connectivity index (χ4n) is 3.92. The monoisotopic (exact) mass is 555 g/mol. The molecule has 186 valence electrons. The molecule has 3 aromatic heterocycles. The standard InChI is InChI=1S/C25H23BrFN5O4/c1-4-31-14-16(12-30-31)9-21-22(35-3)7-8-28-24(21)19-6-5-18(27)11-20(19)15(2)36-23-10-17(26)13-29-25(23)32(33)34/h5-8,10-15H,4,9H2,1-3H3/t15-/m1/s1. The summed E-state index contributed by atoms with van der Waals surface area (Å²) in [5.41, 5.74) is 3.44.